The third-order valence-electron chi connectivity index (χ3n) is 8.51. The van der Waals surface area contributed by atoms with E-state index in [0.29, 0.717) is 24.2 Å². The van der Waals surface area contributed by atoms with Gasteiger partial charge in [-0.15, -0.1) is 0 Å². The normalized spacial score (nSPS) is 18.1. The number of nitriles is 1. The van der Waals surface area contributed by atoms with Gasteiger partial charge in [-0.25, -0.2) is 23.1 Å². The number of carbonyl (C=O) groups is 1. The number of carbonyl (C=O) groups excluding carboxylic acids is 1. The lowest BCUT2D eigenvalue weighted by atomic mass is 10.0. The maximum absolute atomic E-state index is 16.2. The highest BCUT2D eigenvalue weighted by Gasteiger charge is 2.34. The highest BCUT2D eigenvalue weighted by molar-refractivity contribution is 5.92. The van der Waals surface area contributed by atoms with Crippen molar-refractivity contribution in [2.45, 2.75) is 58.5 Å². The number of piperazine rings is 1. The third-order valence-corrected chi connectivity index (χ3v) is 8.51. The van der Waals surface area contributed by atoms with E-state index in [1.54, 1.807) is 17.2 Å². The van der Waals surface area contributed by atoms with Crippen molar-refractivity contribution in [3.05, 3.63) is 82.1 Å². The van der Waals surface area contributed by atoms with Gasteiger partial charge in [-0.2, -0.15) is 10.2 Å². The first-order valence-electron chi connectivity index (χ1n) is 15.3. The Labute approximate surface area is 264 Å². The van der Waals surface area contributed by atoms with Crippen molar-refractivity contribution < 1.29 is 18.3 Å². The van der Waals surface area contributed by atoms with Gasteiger partial charge in [-0.3, -0.25) is 9.78 Å². The summed E-state index contributed by atoms with van der Waals surface area (Å²) in [6.07, 6.45) is 5.13. The Kier molecular flexibility index (Phi) is 8.25. The summed E-state index contributed by atoms with van der Waals surface area (Å²) in [6.45, 7) is 8.45. The van der Waals surface area contributed by atoms with Crippen molar-refractivity contribution in [1.82, 2.24) is 24.4 Å². The van der Waals surface area contributed by atoms with Crippen LogP contribution in [0, 0.1) is 23.0 Å². The molecule has 12 heteroatoms. The Bertz CT molecular complexity index is 1980. The number of amides is 1. The molecule has 2 atom stereocenters. The summed E-state index contributed by atoms with van der Waals surface area (Å²) in [5.74, 6) is -1.54. The number of aromatic nitrogens is 4. The van der Waals surface area contributed by atoms with Crippen LogP contribution < -0.4 is 15.3 Å². The molecule has 3 aromatic heterocycles. The molecule has 10 nitrogen and oxygen atoms in total. The van der Waals surface area contributed by atoms with E-state index < -0.39 is 17.3 Å². The van der Waals surface area contributed by atoms with Gasteiger partial charge < -0.3 is 14.5 Å². The van der Waals surface area contributed by atoms with Crippen LogP contribution in [0.2, 0.25) is 0 Å². The number of nitrogens with zero attached hydrogens (tertiary/aromatic N) is 7. The van der Waals surface area contributed by atoms with E-state index >= 15 is 8.78 Å². The number of allylic oxidation sites excluding steroid dienone is 1. The molecule has 2 aliphatic rings. The summed E-state index contributed by atoms with van der Waals surface area (Å²) in [7, 11) is 0. The summed E-state index contributed by atoms with van der Waals surface area (Å²) in [4.78, 5) is 44.4. The molecule has 46 heavy (non-hydrogen) atoms. The summed E-state index contributed by atoms with van der Waals surface area (Å²) in [6, 6.07) is 8.56. The van der Waals surface area contributed by atoms with Crippen molar-refractivity contribution in [3.63, 3.8) is 0 Å². The van der Waals surface area contributed by atoms with Crippen molar-refractivity contribution >= 4 is 22.8 Å². The number of fused-ring (bicyclic) bond motifs is 5. The quantitative estimate of drug-likeness (QED) is 0.229. The van der Waals surface area contributed by atoms with Gasteiger partial charge in [0.2, 0.25) is 5.91 Å². The predicted octanol–water partition coefficient (Wildman–Crippen LogP) is 5.07. The summed E-state index contributed by atoms with van der Waals surface area (Å²) >= 11 is 0. The molecule has 0 spiro atoms. The number of benzene rings is 1. The summed E-state index contributed by atoms with van der Waals surface area (Å²) in [5, 5.41) is 9.13. The molecular weight excluding hydrogens is 592 g/mol. The molecule has 0 aliphatic carbocycles. The van der Waals surface area contributed by atoms with E-state index in [4.69, 9.17) is 15.0 Å². The average Bonchev–Trinajstić information content (AvgIpc) is 3.02. The molecule has 2 aliphatic heterocycles. The topological polar surface area (TPSA) is 117 Å². The van der Waals surface area contributed by atoms with E-state index in [2.05, 4.69) is 9.97 Å². The molecular formula is C34H33F2N7O3. The smallest absolute Gasteiger partial charge is 0.355 e. The number of halogens is 2. The van der Waals surface area contributed by atoms with Crippen molar-refractivity contribution in [1.29, 1.82) is 5.26 Å². The Hall–Kier alpha value is -5.18. The van der Waals surface area contributed by atoms with E-state index in [-0.39, 0.29) is 77.5 Å². The maximum atomic E-state index is 16.2. The van der Waals surface area contributed by atoms with Gasteiger partial charge >= 0.3 is 5.69 Å². The van der Waals surface area contributed by atoms with Crippen LogP contribution in [0.1, 0.15) is 51.3 Å². The Morgan fingerprint density at radius 1 is 1.13 bits per heavy atom. The van der Waals surface area contributed by atoms with Crippen LogP contribution in [0.15, 0.2) is 53.5 Å². The highest BCUT2D eigenvalue weighted by atomic mass is 19.1. The van der Waals surface area contributed by atoms with Crippen LogP contribution >= 0.6 is 0 Å². The zero-order valence-corrected chi connectivity index (χ0v) is 26.0. The molecule has 6 rings (SSSR count). The van der Waals surface area contributed by atoms with Gasteiger partial charge in [0.25, 0.3) is 0 Å². The number of pyridine rings is 2. The molecule has 0 saturated carbocycles. The first-order valence-corrected chi connectivity index (χ1v) is 15.3. The van der Waals surface area contributed by atoms with E-state index in [1.165, 1.54) is 28.8 Å². The SMILES string of the molecule is CC(C)c1nccc2c1-n1c(=O)nc(N3CC(C)N(C(=O)/C=C/C#N)CC3C)c3cc(F)c(nc31)-c1c(F)cccc1OCCC2. The molecule has 5 heterocycles. The minimum atomic E-state index is -0.806. The van der Waals surface area contributed by atoms with Crippen molar-refractivity contribution in [2.75, 3.05) is 24.6 Å². The fourth-order valence-corrected chi connectivity index (χ4v) is 6.33. The van der Waals surface area contributed by atoms with Gasteiger partial charge in [0.15, 0.2) is 11.5 Å². The first kappa shape index (κ1) is 30.8. The van der Waals surface area contributed by atoms with Crippen LogP contribution in [-0.2, 0) is 11.2 Å². The van der Waals surface area contributed by atoms with Gasteiger partial charge in [-0.05, 0) is 62.4 Å². The maximum Gasteiger partial charge on any atom is 0.355 e. The van der Waals surface area contributed by atoms with Crippen molar-refractivity contribution in [2.24, 2.45) is 0 Å². The van der Waals surface area contributed by atoms with Crippen LogP contribution in [0.4, 0.5) is 14.6 Å². The molecule has 2 bridgehead atoms. The number of anilines is 1. The molecule has 236 valence electrons. The summed E-state index contributed by atoms with van der Waals surface area (Å²) < 4.78 is 39.0. The molecule has 0 radical (unpaired) electrons. The van der Waals surface area contributed by atoms with Crippen LogP contribution in [0.5, 0.6) is 5.75 Å². The van der Waals surface area contributed by atoms with Gasteiger partial charge in [0.1, 0.15) is 23.1 Å². The van der Waals surface area contributed by atoms with E-state index in [1.807, 2.05) is 44.7 Å². The monoisotopic (exact) mass is 625 g/mol. The Morgan fingerprint density at radius 3 is 2.70 bits per heavy atom. The fourth-order valence-electron chi connectivity index (χ4n) is 6.33. The largest absolute Gasteiger partial charge is 0.493 e. The fraction of sp³-hybridized carbons (Fsp3) is 0.353. The zero-order chi connectivity index (χ0) is 32.7. The lowest BCUT2D eigenvalue weighted by Gasteiger charge is -2.44. The number of hydrogen-bond donors (Lipinski definition) is 0. The standard InChI is InChI=1S/C34H33F2N7O3/c1-19(2)29-31-22(12-14-38-29)8-7-15-46-26-10-5-9-24(35)28(26)30-25(36)16-23-32(40-34(45)43(31)33(23)39-30)42-18-20(3)41(17-21(42)4)27(44)11-6-13-37/h5-6,9-12,14,16,19-21H,7-8,15,17-18H2,1-4H3/b11-6+. The predicted molar refractivity (Wildman–Crippen MR) is 169 cm³/mol. The number of ether oxygens (including phenoxy) is 1. The molecule has 0 N–H and O–H groups in total. The number of rotatable bonds is 3. The number of aryl methyl sites for hydroxylation is 1. The van der Waals surface area contributed by atoms with Crippen LogP contribution in [0.3, 0.4) is 0 Å². The van der Waals surface area contributed by atoms with E-state index in [0.717, 1.165) is 11.6 Å². The lowest BCUT2D eigenvalue weighted by Crippen LogP contribution is -2.58. The van der Waals surface area contributed by atoms with Crippen LogP contribution in [0.25, 0.3) is 28.0 Å². The molecule has 1 amide bonds. The van der Waals surface area contributed by atoms with Gasteiger partial charge in [-0.1, -0.05) is 19.9 Å². The zero-order valence-electron chi connectivity index (χ0n) is 26.0. The van der Waals surface area contributed by atoms with Crippen molar-refractivity contribution in [3.8, 4) is 28.8 Å². The lowest BCUT2D eigenvalue weighted by molar-refractivity contribution is -0.128. The molecule has 2 unspecified atom stereocenters. The Balaban J connectivity index is 1.64. The number of hydrogen-bond acceptors (Lipinski definition) is 8. The molecule has 4 aromatic rings. The second-order valence-corrected chi connectivity index (χ2v) is 12.0. The molecule has 1 fully saturated rings. The molecule has 1 saturated heterocycles. The Morgan fingerprint density at radius 2 is 1.93 bits per heavy atom. The van der Waals surface area contributed by atoms with Gasteiger partial charge in [0.05, 0.1) is 35.0 Å². The minimum Gasteiger partial charge on any atom is -0.493 e. The summed E-state index contributed by atoms with van der Waals surface area (Å²) in [5.41, 5.74) is 1.04. The van der Waals surface area contributed by atoms with Crippen LogP contribution in [-0.4, -0.2) is 62.1 Å². The third kappa shape index (κ3) is 5.36. The second-order valence-electron chi connectivity index (χ2n) is 12.0. The van der Waals surface area contributed by atoms with E-state index in [9.17, 15) is 9.59 Å². The minimum absolute atomic E-state index is 0.0830. The van der Waals surface area contributed by atoms with Gasteiger partial charge in [0, 0.05) is 43.5 Å². The molecule has 1 aromatic carbocycles. The second kappa shape index (κ2) is 12.3. The first-order chi connectivity index (χ1) is 22.1. The average molecular weight is 626 g/mol. The highest BCUT2D eigenvalue weighted by Crippen LogP contribution is 2.38.